The van der Waals surface area contributed by atoms with Gasteiger partial charge in [0.25, 0.3) is 0 Å². The molecule has 1 rings (SSSR count). The molecular formula is C10H14N2O5. The van der Waals surface area contributed by atoms with Crippen LogP contribution in [0.3, 0.4) is 0 Å². The molecule has 17 heavy (non-hydrogen) atoms. The molecule has 1 heterocycles. The lowest BCUT2D eigenvalue weighted by molar-refractivity contribution is -0.141. The minimum absolute atomic E-state index is 0.163. The van der Waals surface area contributed by atoms with Gasteiger partial charge in [0.2, 0.25) is 0 Å². The van der Waals surface area contributed by atoms with Gasteiger partial charge in [-0.2, -0.15) is 0 Å². The highest BCUT2D eigenvalue weighted by molar-refractivity contribution is 5.67. The molecule has 0 spiro atoms. The fourth-order valence-electron chi connectivity index (χ4n) is 1.20. The maximum Gasteiger partial charge on any atom is 0.316 e. The van der Waals surface area contributed by atoms with E-state index in [1.165, 1.54) is 12.4 Å². The Kier molecular flexibility index (Phi) is 4.80. The van der Waals surface area contributed by atoms with Crippen LogP contribution in [0.25, 0.3) is 0 Å². The smallest absolute Gasteiger partial charge is 0.316 e. The van der Waals surface area contributed by atoms with E-state index in [1.807, 2.05) is 0 Å². The van der Waals surface area contributed by atoms with E-state index in [1.54, 1.807) is 6.92 Å². The summed E-state index contributed by atoms with van der Waals surface area (Å²) in [4.78, 5) is 18.0. The number of carboxylic acids is 1. The van der Waals surface area contributed by atoms with Crippen molar-refractivity contribution in [1.82, 2.24) is 9.97 Å². The zero-order valence-electron chi connectivity index (χ0n) is 9.28. The number of hydrogen-bond donors (Lipinski definition) is 3. The second-order valence-electron chi connectivity index (χ2n) is 3.34. The molecule has 2 unspecified atom stereocenters. The fraction of sp³-hybridized carbons (Fsp3) is 0.500. The third kappa shape index (κ3) is 3.97. The minimum atomic E-state index is -1.39. The van der Waals surface area contributed by atoms with Crippen molar-refractivity contribution in [3.05, 3.63) is 18.0 Å². The quantitative estimate of drug-likeness (QED) is 0.630. The Bertz CT molecular complexity index is 367. The first kappa shape index (κ1) is 13.3. The molecule has 7 nitrogen and oxygen atoms in total. The molecule has 7 heteroatoms. The number of aliphatic hydroxyl groups is 2. The monoisotopic (exact) mass is 242 g/mol. The van der Waals surface area contributed by atoms with Crippen molar-refractivity contribution >= 4 is 5.97 Å². The Hall–Kier alpha value is -1.73. The molecule has 1 aromatic heterocycles. The summed E-state index contributed by atoms with van der Waals surface area (Å²) in [5.41, 5.74) is 0.238. The summed E-state index contributed by atoms with van der Waals surface area (Å²) in [5.74, 6) is -1.19. The van der Waals surface area contributed by atoms with Crippen molar-refractivity contribution < 1.29 is 24.9 Å². The summed E-state index contributed by atoms with van der Waals surface area (Å²) in [6.45, 7) is 2.20. The highest BCUT2D eigenvalue weighted by atomic mass is 16.5. The van der Waals surface area contributed by atoms with Crippen LogP contribution in [0.1, 0.15) is 25.0 Å². The summed E-state index contributed by atoms with van der Waals surface area (Å²) >= 11 is 0. The lowest BCUT2D eigenvalue weighted by Gasteiger charge is -2.15. The van der Waals surface area contributed by atoms with E-state index in [4.69, 9.17) is 9.84 Å². The number of ether oxygens (including phenoxy) is 1. The molecule has 3 N–H and O–H groups in total. The zero-order valence-corrected chi connectivity index (χ0v) is 9.28. The first-order valence-electron chi connectivity index (χ1n) is 5.07. The van der Waals surface area contributed by atoms with Crippen LogP contribution >= 0.6 is 0 Å². The van der Waals surface area contributed by atoms with Crippen molar-refractivity contribution in [2.24, 2.45) is 0 Å². The van der Waals surface area contributed by atoms with Crippen LogP contribution in [0.4, 0.5) is 0 Å². The standard InChI is InChI=1S/C10H14N2O5/c1-2-17-10-11-4-6(5-12-10)9(16)7(13)3-8(14)15/h4-5,7,9,13,16H,2-3H2,1H3,(H,14,15). The topological polar surface area (TPSA) is 113 Å². The van der Waals surface area contributed by atoms with Crippen LogP contribution < -0.4 is 4.74 Å². The predicted molar refractivity (Wildman–Crippen MR) is 56.4 cm³/mol. The van der Waals surface area contributed by atoms with Crippen molar-refractivity contribution in [3.8, 4) is 6.01 Å². The highest BCUT2D eigenvalue weighted by Crippen LogP contribution is 2.18. The summed E-state index contributed by atoms with van der Waals surface area (Å²) in [6.07, 6.45) is -0.702. The molecule has 0 saturated carbocycles. The second kappa shape index (κ2) is 6.12. The van der Waals surface area contributed by atoms with Gasteiger partial charge in [-0.1, -0.05) is 0 Å². The van der Waals surface area contributed by atoms with Crippen LogP contribution in [0.15, 0.2) is 12.4 Å². The Morgan fingerprint density at radius 2 is 2.00 bits per heavy atom. The van der Waals surface area contributed by atoms with Gasteiger partial charge in [-0.15, -0.1) is 0 Å². The fourth-order valence-corrected chi connectivity index (χ4v) is 1.20. The lowest BCUT2D eigenvalue weighted by atomic mass is 10.1. The number of aliphatic hydroxyl groups excluding tert-OH is 2. The van der Waals surface area contributed by atoms with Crippen molar-refractivity contribution in [3.63, 3.8) is 0 Å². The molecule has 0 amide bonds. The van der Waals surface area contributed by atoms with Crippen LogP contribution in [0, 0.1) is 0 Å². The Labute approximate surface area is 97.7 Å². The number of rotatable bonds is 6. The molecule has 0 radical (unpaired) electrons. The van der Waals surface area contributed by atoms with E-state index < -0.39 is 24.6 Å². The van der Waals surface area contributed by atoms with E-state index in [0.29, 0.717) is 6.61 Å². The number of nitrogens with zero attached hydrogens (tertiary/aromatic N) is 2. The zero-order chi connectivity index (χ0) is 12.8. The van der Waals surface area contributed by atoms with Crippen LogP contribution in [0.2, 0.25) is 0 Å². The molecule has 0 saturated heterocycles. The second-order valence-corrected chi connectivity index (χ2v) is 3.34. The number of aromatic nitrogens is 2. The van der Waals surface area contributed by atoms with Gasteiger partial charge in [0, 0.05) is 18.0 Å². The summed E-state index contributed by atoms with van der Waals surface area (Å²) in [5, 5.41) is 27.5. The molecular weight excluding hydrogens is 228 g/mol. The molecule has 1 aromatic rings. The van der Waals surface area contributed by atoms with Gasteiger partial charge in [-0.25, -0.2) is 9.97 Å². The average molecular weight is 242 g/mol. The van der Waals surface area contributed by atoms with E-state index >= 15 is 0 Å². The molecule has 94 valence electrons. The van der Waals surface area contributed by atoms with E-state index in [9.17, 15) is 15.0 Å². The van der Waals surface area contributed by atoms with Crippen LogP contribution in [-0.4, -0.2) is 44.0 Å². The number of aliphatic carboxylic acids is 1. The Morgan fingerprint density at radius 1 is 1.41 bits per heavy atom. The van der Waals surface area contributed by atoms with Crippen molar-refractivity contribution in [2.45, 2.75) is 25.6 Å². The van der Waals surface area contributed by atoms with Gasteiger partial charge in [-0.05, 0) is 6.92 Å². The Balaban J connectivity index is 2.68. The highest BCUT2D eigenvalue weighted by Gasteiger charge is 2.21. The van der Waals surface area contributed by atoms with Crippen molar-refractivity contribution in [2.75, 3.05) is 6.61 Å². The summed E-state index contributed by atoms with van der Waals surface area (Å²) < 4.78 is 5.01. The average Bonchev–Trinajstić information content (AvgIpc) is 2.28. The first-order valence-corrected chi connectivity index (χ1v) is 5.07. The summed E-state index contributed by atoms with van der Waals surface area (Å²) in [7, 11) is 0. The van der Waals surface area contributed by atoms with Crippen LogP contribution in [-0.2, 0) is 4.79 Å². The van der Waals surface area contributed by atoms with Crippen molar-refractivity contribution in [1.29, 1.82) is 0 Å². The summed E-state index contributed by atoms with van der Waals surface area (Å²) in [6, 6.07) is 0.163. The first-order chi connectivity index (χ1) is 8.04. The number of carbonyl (C=O) groups is 1. The third-order valence-corrected chi connectivity index (χ3v) is 2.01. The molecule has 0 fully saturated rings. The molecule has 2 atom stereocenters. The molecule has 0 aliphatic carbocycles. The third-order valence-electron chi connectivity index (χ3n) is 2.01. The number of carboxylic acid groups (broad SMARTS) is 1. The van der Waals surface area contributed by atoms with Gasteiger partial charge in [-0.3, -0.25) is 4.79 Å². The SMILES string of the molecule is CCOc1ncc(C(O)C(O)CC(=O)O)cn1. The van der Waals surface area contributed by atoms with Gasteiger partial charge in [0.15, 0.2) is 0 Å². The molecule has 0 bridgehead atoms. The molecule has 0 aliphatic rings. The van der Waals surface area contributed by atoms with E-state index in [0.717, 1.165) is 0 Å². The maximum absolute atomic E-state index is 10.4. The largest absolute Gasteiger partial charge is 0.481 e. The number of hydrogen-bond acceptors (Lipinski definition) is 6. The van der Waals surface area contributed by atoms with Crippen LogP contribution in [0.5, 0.6) is 6.01 Å². The minimum Gasteiger partial charge on any atom is -0.481 e. The normalized spacial score (nSPS) is 14.1. The van der Waals surface area contributed by atoms with Gasteiger partial charge >= 0.3 is 12.0 Å². The van der Waals surface area contributed by atoms with Gasteiger partial charge in [0.1, 0.15) is 6.10 Å². The molecule has 0 aliphatic heterocycles. The lowest BCUT2D eigenvalue weighted by Crippen LogP contribution is -2.22. The Morgan fingerprint density at radius 3 is 2.47 bits per heavy atom. The van der Waals surface area contributed by atoms with E-state index in [2.05, 4.69) is 9.97 Å². The molecule has 0 aromatic carbocycles. The van der Waals surface area contributed by atoms with Gasteiger partial charge < -0.3 is 20.1 Å². The predicted octanol–water partition coefficient (Wildman–Crippen LogP) is -0.256. The van der Waals surface area contributed by atoms with Gasteiger partial charge in [0.05, 0.1) is 19.1 Å². The van der Waals surface area contributed by atoms with E-state index in [-0.39, 0.29) is 11.6 Å². The maximum atomic E-state index is 10.4.